The van der Waals surface area contributed by atoms with Crippen LogP contribution in [0.2, 0.25) is 5.02 Å². The van der Waals surface area contributed by atoms with Crippen molar-refractivity contribution in [3.8, 4) is 0 Å². The van der Waals surface area contributed by atoms with Gasteiger partial charge in [0.15, 0.2) is 0 Å². The van der Waals surface area contributed by atoms with E-state index in [9.17, 15) is 9.90 Å². The number of carbonyl (C=O) groups excluding carboxylic acids is 1. The molecule has 0 saturated heterocycles. The van der Waals surface area contributed by atoms with Gasteiger partial charge in [0.25, 0.3) is 0 Å². The van der Waals surface area contributed by atoms with Crippen molar-refractivity contribution in [2.75, 3.05) is 25.5 Å². The minimum atomic E-state index is -0.0913. The third kappa shape index (κ3) is 3.12. The molecule has 1 aromatic carbocycles. The minimum absolute atomic E-state index is 0.0788. The average Bonchev–Trinajstić information content (AvgIpc) is 2.28. The van der Waals surface area contributed by atoms with Crippen LogP contribution in [0.4, 0.5) is 5.69 Å². The molecule has 0 unspecified atom stereocenters. The zero-order valence-electron chi connectivity index (χ0n) is 9.33. The highest BCUT2D eigenvalue weighted by Crippen LogP contribution is 2.23. The number of rotatable bonds is 4. The smallest absolute Gasteiger partial charge is 0.239 e. The number of aliphatic hydroxyl groups is 1. The standard InChI is InChI=1S/C11H15ClN2O2/c1-13-11(16)6-14(2)10-5-9(12)4-3-8(10)7-15/h3-5,15H,6-7H2,1-2H3,(H,13,16). The number of likely N-dealkylation sites (N-methyl/N-ethyl adjacent to an activating group) is 2. The minimum Gasteiger partial charge on any atom is -0.392 e. The predicted octanol–water partition coefficient (Wildman–Crippen LogP) is 1.01. The van der Waals surface area contributed by atoms with Gasteiger partial charge in [0.05, 0.1) is 13.2 Å². The van der Waals surface area contributed by atoms with Gasteiger partial charge in [-0.05, 0) is 12.1 Å². The first-order valence-electron chi connectivity index (χ1n) is 4.89. The van der Waals surface area contributed by atoms with Crippen molar-refractivity contribution in [1.29, 1.82) is 0 Å². The van der Waals surface area contributed by atoms with Gasteiger partial charge in [-0.3, -0.25) is 4.79 Å². The van der Waals surface area contributed by atoms with Gasteiger partial charge in [0.2, 0.25) is 5.91 Å². The Bertz CT molecular complexity index is 382. The molecule has 0 heterocycles. The summed E-state index contributed by atoms with van der Waals surface area (Å²) in [6.07, 6.45) is 0. The Balaban J connectivity index is 2.92. The molecule has 1 aromatic rings. The summed E-state index contributed by atoms with van der Waals surface area (Å²) < 4.78 is 0. The fourth-order valence-electron chi connectivity index (χ4n) is 1.41. The average molecular weight is 243 g/mol. The maximum Gasteiger partial charge on any atom is 0.239 e. The van der Waals surface area contributed by atoms with E-state index in [0.29, 0.717) is 5.02 Å². The van der Waals surface area contributed by atoms with Crippen molar-refractivity contribution in [3.05, 3.63) is 28.8 Å². The molecule has 0 fully saturated rings. The Morgan fingerprint density at radius 1 is 1.56 bits per heavy atom. The normalized spacial score (nSPS) is 10.0. The first-order chi connectivity index (χ1) is 7.58. The number of benzene rings is 1. The highest BCUT2D eigenvalue weighted by Gasteiger charge is 2.10. The molecule has 0 bridgehead atoms. The monoisotopic (exact) mass is 242 g/mol. The van der Waals surface area contributed by atoms with E-state index in [1.54, 1.807) is 37.2 Å². The molecular formula is C11H15ClN2O2. The van der Waals surface area contributed by atoms with Crippen LogP contribution in [0.15, 0.2) is 18.2 Å². The quantitative estimate of drug-likeness (QED) is 0.829. The summed E-state index contributed by atoms with van der Waals surface area (Å²) in [5.74, 6) is -0.0913. The van der Waals surface area contributed by atoms with Crippen LogP contribution in [-0.4, -0.2) is 31.7 Å². The summed E-state index contributed by atoms with van der Waals surface area (Å²) in [7, 11) is 3.36. The second kappa shape index (κ2) is 5.72. The third-order valence-electron chi connectivity index (χ3n) is 2.29. The molecule has 1 rings (SSSR count). The molecule has 16 heavy (non-hydrogen) atoms. The molecule has 5 heteroatoms. The highest BCUT2D eigenvalue weighted by molar-refractivity contribution is 6.30. The van der Waals surface area contributed by atoms with Crippen LogP contribution < -0.4 is 10.2 Å². The Morgan fingerprint density at radius 2 is 2.25 bits per heavy atom. The van der Waals surface area contributed by atoms with Gasteiger partial charge in [-0.15, -0.1) is 0 Å². The van der Waals surface area contributed by atoms with E-state index in [2.05, 4.69) is 5.32 Å². The van der Waals surface area contributed by atoms with Crippen molar-refractivity contribution in [2.24, 2.45) is 0 Å². The van der Waals surface area contributed by atoms with Crippen molar-refractivity contribution in [1.82, 2.24) is 5.32 Å². The Kier molecular flexibility index (Phi) is 4.58. The molecule has 0 radical (unpaired) electrons. The summed E-state index contributed by atoms with van der Waals surface area (Å²) in [5.41, 5.74) is 1.51. The van der Waals surface area contributed by atoms with Gasteiger partial charge in [-0.25, -0.2) is 0 Å². The van der Waals surface area contributed by atoms with Crippen LogP contribution in [0.1, 0.15) is 5.56 Å². The van der Waals surface area contributed by atoms with E-state index < -0.39 is 0 Å². The summed E-state index contributed by atoms with van der Waals surface area (Å²) in [4.78, 5) is 13.0. The van der Waals surface area contributed by atoms with Crippen molar-refractivity contribution in [2.45, 2.75) is 6.61 Å². The van der Waals surface area contributed by atoms with Crippen LogP contribution in [-0.2, 0) is 11.4 Å². The number of amides is 1. The van der Waals surface area contributed by atoms with E-state index in [1.165, 1.54) is 0 Å². The van der Waals surface area contributed by atoms with Gasteiger partial charge >= 0.3 is 0 Å². The van der Waals surface area contributed by atoms with Crippen molar-refractivity contribution < 1.29 is 9.90 Å². The number of carbonyl (C=O) groups is 1. The van der Waals surface area contributed by atoms with E-state index in [0.717, 1.165) is 11.3 Å². The third-order valence-corrected chi connectivity index (χ3v) is 2.52. The van der Waals surface area contributed by atoms with Crippen LogP contribution >= 0.6 is 11.6 Å². The molecule has 0 spiro atoms. The molecule has 88 valence electrons. The summed E-state index contributed by atoms with van der Waals surface area (Å²) in [6.45, 7) is 0.147. The fraction of sp³-hybridized carbons (Fsp3) is 0.364. The van der Waals surface area contributed by atoms with Crippen LogP contribution in [0, 0.1) is 0 Å². The maximum absolute atomic E-state index is 11.2. The molecule has 1 amide bonds. The molecule has 0 aliphatic carbocycles. The number of anilines is 1. The second-order valence-electron chi connectivity index (χ2n) is 3.46. The summed E-state index contributed by atoms with van der Waals surface area (Å²) >= 11 is 5.88. The van der Waals surface area contributed by atoms with Gasteiger partial charge in [0, 0.05) is 30.4 Å². The fourth-order valence-corrected chi connectivity index (χ4v) is 1.57. The van der Waals surface area contributed by atoms with Crippen molar-refractivity contribution in [3.63, 3.8) is 0 Å². The lowest BCUT2D eigenvalue weighted by Gasteiger charge is -2.21. The van der Waals surface area contributed by atoms with Crippen LogP contribution in [0.25, 0.3) is 0 Å². The zero-order valence-corrected chi connectivity index (χ0v) is 10.1. The van der Waals surface area contributed by atoms with Crippen LogP contribution in [0.5, 0.6) is 0 Å². The second-order valence-corrected chi connectivity index (χ2v) is 3.90. The van der Waals surface area contributed by atoms with Gasteiger partial charge in [0.1, 0.15) is 0 Å². The summed E-state index contributed by atoms with van der Waals surface area (Å²) in [5, 5.41) is 12.3. The molecule has 0 aliphatic rings. The molecule has 0 aromatic heterocycles. The van der Waals surface area contributed by atoms with Crippen LogP contribution in [0.3, 0.4) is 0 Å². The topological polar surface area (TPSA) is 52.6 Å². The lowest BCUT2D eigenvalue weighted by atomic mass is 10.1. The highest BCUT2D eigenvalue weighted by atomic mass is 35.5. The van der Waals surface area contributed by atoms with Gasteiger partial charge in [-0.2, -0.15) is 0 Å². The van der Waals surface area contributed by atoms with Crippen molar-refractivity contribution >= 4 is 23.2 Å². The number of aliphatic hydroxyl groups excluding tert-OH is 1. The zero-order chi connectivity index (χ0) is 12.1. The predicted molar refractivity (Wildman–Crippen MR) is 64.7 cm³/mol. The Labute approximate surface area is 99.8 Å². The Hall–Kier alpha value is -1.26. The number of nitrogens with one attached hydrogen (secondary N) is 1. The number of halogens is 1. The molecular weight excluding hydrogens is 228 g/mol. The van der Waals surface area contributed by atoms with E-state index in [-0.39, 0.29) is 19.1 Å². The largest absolute Gasteiger partial charge is 0.392 e. The number of hydrogen-bond acceptors (Lipinski definition) is 3. The number of nitrogens with zero attached hydrogens (tertiary/aromatic N) is 1. The van der Waals surface area contributed by atoms with Gasteiger partial charge in [-0.1, -0.05) is 17.7 Å². The SMILES string of the molecule is CNC(=O)CN(C)c1cc(Cl)ccc1CO. The Morgan fingerprint density at radius 3 is 2.81 bits per heavy atom. The molecule has 4 nitrogen and oxygen atoms in total. The van der Waals surface area contributed by atoms with Gasteiger partial charge < -0.3 is 15.3 Å². The first-order valence-corrected chi connectivity index (χ1v) is 5.27. The van der Waals surface area contributed by atoms with E-state index in [4.69, 9.17) is 11.6 Å². The summed E-state index contributed by atoms with van der Waals surface area (Å²) in [6, 6.07) is 5.19. The lowest BCUT2D eigenvalue weighted by molar-refractivity contribution is -0.119. The maximum atomic E-state index is 11.2. The van der Waals surface area contributed by atoms with E-state index in [1.807, 2.05) is 0 Å². The number of hydrogen-bond donors (Lipinski definition) is 2. The lowest BCUT2D eigenvalue weighted by Crippen LogP contribution is -2.33. The molecule has 0 aliphatic heterocycles. The molecule has 0 saturated carbocycles. The molecule has 2 N–H and O–H groups in total. The first kappa shape index (κ1) is 12.8. The molecule has 0 atom stereocenters. The van der Waals surface area contributed by atoms with E-state index >= 15 is 0 Å².